The van der Waals surface area contributed by atoms with Crippen LogP contribution < -0.4 is 0 Å². The Morgan fingerprint density at radius 1 is 0.322 bits per heavy atom. The van der Waals surface area contributed by atoms with Gasteiger partial charge in [-0.1, -0.05) is 286 Å². The van der Waals surface area contributed by atoms with Crippen molar-refractivity contribution in [1.29, 1.82) is 0 Å². The highest BCUT2D eigenvalue weighted by molar-refractivity contribution is 7.47. The van der Waals surface area contributed by atoms with Gasteiger partial charge in [-0.15, -0.1) is 0 Å². The lowest BCUT2D eigenvalue weighted by atomic mass is 9.99. The van der Waals surface area contributed by atoms with Crippen LogP contribution in [-0.2, 0) is 65.4 Å². The van der Waals surface area contributed by atoms with Gasteiger partial charge in [0.25, 0.3) is 0 Å². The number of aliphatic hydroxyl groups excluding tert-OH is 1. The van der Waals surface area contributed by atoms with Gasteiger partial charge in [0.05, 0.1) is 26.4 Å². The largest absolute Gasteiger partial charge is 0.472 e. The van der Waals surface area contributed by atoms with E-state index < -0.39 is 97.5 Å². The molecule has 0 aliphatic carbocycles. The third-order valence-electron chi connectivity index (χ3n) is 16.7. The summed E-state index contributed by atoms with van der Waals surface area (Å²) in [6.07, 6.45) is 41.7. The van der Waals surface area contributed by atoms with E-state index in [9.17, 15) is 43.2 Å². The van der Waals surface area contributed by atoms with Gasteiger partial charge in [-0.25, -0.2) is 9.13 Å². The molecule has 3 N–H and O–H groups in total. The molecule has 0 rings (SSSR count). The summed E-state index contributed by atoms with van der Waals surface area (Å²) < 4.78 is 68.1. The molecule has 5 unspecified atom stereocenters. The van der Waals surface area contributed by atoms with Crippen molar-refractivity contribution in [2.45, 2.75) is 356 Å². The third kappa shape index (κ3) is 58.9. The van der Waals surface area contributed by atoms with E-state index >= 15 is 0 Å². The second-order valence-corrected chi connectivity index (χ2v) is 28.2. The molecule has 87 heavy (non-hydrogen) atoms. The molecule has 0 aliphatic heterocycles. The van der Waals surface area contributed by atoms with Gasteiger partial charge >= 0.3 is 39.5 Å². The Bertz CT molecular complexity index is 1720. The first-order valence-corrected chi connectivity index (χ1v) is 38.5. The van der Waals surface area contributed by atoms with Gasteiger partial charge in [-0.3, -0.25) is 37.3 Å². The van der Waals surface area contributed by atoms with Crippen LogP contribution >= 0.6 is 15.6 Å². The summed E-state index contributed by atoms with van der Waals surface area (Å²) in [5, 5.41) is 10.6. The molecule has 0 fully saturated rings. The highest BCUT2D eigenvalue weighted by Gasteiger charge is 2.30. The smallest absolute Gasteiger partial charge is 0.462 e. The van der Waals surface area contributed by atoms with Gasteiger partial charge in [0.1, 0.15) is 19.3 Å². The highest BCUT2D eigenvalue weighted by Crippen LogP contribution is 2.45. The number of ether oxygens (including phenoxy) is 4. The summed E-state index contributed by atoms with van der Waals surface area (Å²) in [5.74, 6) is 0.163. The molecule has 0 heterocycles. The predicted molar refractivity (Wildman–Crippen MR) is 349 cm³/mol. The number of hydrogen-bond acceptors (Lipinski definition) is 15. The van der Waals surface area contributed by atoms with Crippen molar-refractivity contribution in [3.05, 3.63) is 0 Å². The predicted octanol–water partition coefficient (Wildman–Crippen LogP) is 19.1. The number of esters is 4. The van der Waals surface area contributed by atoms with Gasteiger partial charge < -0.3 is 33.8 Å². The second kappa shape index (κ2) is 59.1. The van der Waals surface area contributed by atoms with E-state index in [0.717, 1.165) is 114 Å². The van der Waals surface area contributed by atoms with Crippen molar-refractivity contribution < 1.29 is 80.2 Å². The first-order valence-electron chi connectivity index (χ1n) is 35.5. The summed E-state index contributed by atoms with van der Waals surface area (Å²) in [6.45, 7) is 11.8. The maximum atomic E-state index is 13.0. The Labute approximate surface area is 530 Å². The molecule has 0 radical (unpaired) electrons. The molecule has 0 aliphatic rings. The Balaban J connectivity index is 5.21. The lowest BCUT2D eigenvalue weighted by Gasteiger charge is -2.21. The number of carbonyl (C=O) groups is 4. The monoisotopic (exact) mass is 1280 g/mol. The van der Waals surface area contributed by atoms with Gasteiger partial charge in [-0.2, -0.15) is 0 Å². The van der Waals surface area contributed by atoms with Crippen molar-refractivity contribution >= 4 is 39.5 Å². The summed E-state index contributed by atoms with van der Waals surface area (Å²) in [5.41, 5.74) is 0. The maximum absolute atomic E-state index is 13.0. The minimum absolute atomic E-state index is 0.103. The zero-order chi connectivity index (χ0) is 64.5. The molecule has 0 saturated carbocycles. The van der Waals surface area contributed by atoms with Crippen LogP contribution in [0.15, 0.2) is 0 Å². The normalized spacial score (nSPS) is 15.2. The first-order chi connectivity index (χ1) is 41.8. The molecule has 0 spiro atoms. The van der Waals surface area contributed by atoms with Crippen molar-refractivity contribution in [2.24, 2.45) is 17.8 Å². The summed E-state index contributed by atoms with van der Waals surface area (Å²) in [6, 6.07) is 0. The fraction of sp³-hybridized carbons (Fsp3) is 0.941. The molecule has 8 atom stereocenters. The van der Waals surface area contributed by atoms with Crippen LogP contribution in [0.1, 0.15) is 337 Å². The van der Waals surface area contributed by atoms with E-state index in [0.29, 0.717) is 25.7 Å². The molecule has 0 aromatic carbocycles. The zero-order valence-corrected chi connectivity index (χ0v) is 58.3. The number of hydrogen-bond donors (Lipinski definition) is 3. The second-order valence-electron chi connectivity index (χ2n) is 25.3. The van der Waals surface area contributed by atoms with E-state index in [4.69, 9.17) is 37.0 Å². The standard InChI is InChI=1S/C68H132O17P2/c1-8-12-13-14-15-22-26-35-42-49-65(70)78-55-64(85-68(73)52-45-38-31-29-34-41-48-61(7)11-4)58-83-87(76,77)81-54-62(69)53-80-86(74,75)82-57-63(56-79-66(71)50-43-36-30-28-33-40-47-60(6)10-3)84-67(72)51-44-37-27-24-21-19-17-16-18-20-23-25-32-39-46-59(5)9-2/h59-64,69H,8-58H2,1-7H3,(H,74,75)(H,76,77)/t59?,60?,61?,62-,63-,64-/m1/s1. The SMILES string of the molecule is CCCCCCCCCCCC(=O)OC[C@H](COP(=O)(O)OC[C@H](O)COP(=O)(O)OC[C@@H](COC(=O)CCCCCCCCC(C)CC)OC(=O)CCCCCCCCCCCCCCCCC(C)CC)OC(=O)CCCCCCCCC(C)CC. The number of unbranched alkanes of at least 4 members (excludes halogenated alkanes) is 31. The van der Waals surface area contributed by atoms with E-state index in [1.165, 1.54) is 141 Å². The summed E-state index contributed by atoms with van der Waals surface area (Å²) in [7, 11) is -9.89. The molecule has 0 aromatic rings. The lowest BCUT2D eigenvalue weighted by Crippen LogP contribution is -2.30. The Morgan fingerprint density at radius 3 is 0.816 bits per heavy atom. The van der Waals surface area contributed by atoms with Crippen LogP contribution in [0.3, 0.4) is 0 Å². The number of carbonyl (C=O) groups excluding carboxylic acids is 4. The topological polar surface area (TPSA) is 237 Å². The minimum Gasteiger partial charge on any atom is -0.462 e. The Hall–Kier alpha value is -1.94. The van der Waals surface area contributed by atoms with Crippen LogP contribution in [-0.4, -0.2) is 96.7 Å². The quantitative estimate of drug-likeness (QED) is 0.0222. The molecule has 0 aromatic heterocycles. The molecule has 0 amide bonds. The van der Waals surface area contributed by atoms with Gasteiger partial charge in [0.2, 0.25) is 0 Å². The van der Waals surface area contributed by atoms with Crippen molar-refractivity contribution in [3.8, 4) is 0 Å². The van der Waals surface area contributed by atoms with Crippen molar-refractivity contribution in [2.75, 3.05) is 39.6 Å². The van der Waals surface area contributed by atoms with E-state index in [2.05, 4.69) is 48.5 Å². The van der Waals surface area contributed by atoms with Gasteiger partial charge in [-0.05, 0) is 43.4 Å². The maximum Gasteiger partial charge on any atom is 0.472 e. The van der Waals surface area contributed by atoms with Gasteiger partial charge in [0, 0.05) is 25.7 Å². The molecule has 19 heteroatoms. The van der Waals surface area contributed by atoms with E-state index in [-0.39, 0.29) is 25.7 Å². The summed E-state index contributed by atoms with van der Waals surface area (Å²) in [4.78, 5) is 72.3. The fourth-order valence-corrected chi connectivity index (χ4v) is 11.7. The van der Waals surface area contributed by atoms with Crippen molar-refractivity contribution in [3.63, 3.8) is 0 Å². The molecule has 17 nitrogen and oxygen atoms in total. The van der Waals surface area contributed by atoms with Crippen LogP contribution in [0.25, 0.3) is 0 Å². The van der Waals surface area contributed by atoms with Crippen LogP contribution in [0.2, 0.25) is 0 Å². The van der Waals surface area contributed by atoms with Crippen LogP contribution in [0.4, 0.5) is 0 Å². The summed E-state index contributed by atoms with van der Waals surface area (Å²) >= 11 is 0. The highest BCUT2D eigenvalue weighted by atomic mass is 31.2. The number of aliphatic hydroxyl groups is 1. The Morgan fingerprint density at radius 2 is 0.552 bits per heavy atom. The van der Waals surface area contributed by atoms with Gasteiger partial charge in [0.15, 0.2) is 12.2 Å². The van der Waals surface area contributed by atoms with Crippen molar-refractivity contribution in [1.82, 2.24) is 0 Å². The zero-order valence-electron chi connectivity index (χ0n) is 56.5. The molecular formula is C68H132O17P2. The van der Waals surface area contributed by atoms with Crippen LogP contribution in [0, 0.1) is 17.8 Å². The molecular weight excluding hydrogens is 1150 g/mol. The minimum atomic E-state index is -4.95. The first kappa shape index (κ1) is 85.1. The third-order valence-corrected chi connectivity index (χ3v) is 18.6. The fourth-order valence-electron chi connectivity index (χ4n) is 10.1. The number of rotatable bonds is 66. The average molecular weight is 1280 g/mol. The van der Waals surface area contributed by atoms with E-state index in [1.54, 1.807) is 0 Å². The molecule has 0 saturated heterocycles. The number of phosphoric ester groups is 2. The average Bonchev–Trinajstić information content (AvgIpc) is 3.61. The van der Waals surface area contributed by atoms with E-state index in [1.807, 2.05) is 0 Å². The Kier molecular flexibility index (Phi) is 57.8. The lowest BCUT2D eigenvalue weighted by molar-refractivity contribution is -0.161. The van der Waals surface area contributed by atoms with Crippen LogP contribution in [0.5, 0.6) is 0 Å². The molecule has 0 bridgehead atoms. The number of phosphoric acid groups is 2. The molecule has 516 valence electrons.